The van der Waals surface area contributed by atoms with Gasteiger partial charge in [-0.1, -0.05) is 72.3 Å². The van der Waals surface area contributed by atoms with Crippen molar-refractivity contribution in [1.82, 2.24) is 5.32 Å². The molecule has 3 nitrogen and oxygen atoms in total. The fraction of sp³-hybridized carbons (Fsp3) is 0.240. The molecule has 144 valence electrons. The fourth-order valence-electron chi connectivity index (χ4n) is 3.10. The maximum atomic E-state index is 12.9. The molecule has 0 aliphatic rings. The van der Waals surface area contributed by atoms with E-state index < -0.39 is 6.10 Å². The zero-order valence-electron chi connectivity index (χ0n) is 16.9. The van der Waals surface area contributed by atoms with Gasteiger partial charge in [-0.05, 0) is 56.0 Å². The predicted octanol–water partition coefficient (Wildman–Crippen LogP) is 5.28. The van der Waals surface area contributed by atoms with E-state index in [-0.39, 0.29) is 11.9 Å². The van der Waals surface area contributed by atoms with Crippen LogP contribution in [0.5, 0.6) is 5.75 Å². The molecule has 28 heavy (non-hydrogen) atoms. The lowest BCUT2D eigenvalue weighted by molar-refractivity contribution is -0.127. The Morgan fingerprint density at radius 1 is 0.821 bits per heavy atom. The van der Waals surface area contributed by atoms with E-state index in [2.05, 4.69) is 36.5 Å². The normalized spacial score (nSPS) is 12.9. The van der Waals surface area contributed by atoms with Gasteiger partial charge in [-0.25, -0.2) is 0 Å². The van der Waals surface area contributed by atoms with E-state index in [1.165, 1.54) is 5.56 Å². The maximum absolute atomic E-state index is 12.9. The van der Waals surface area contributed by atoms with Crippen molar-refractivity contribution in [2.45, 2.75) is 39.8 Å². The van der Waals surface area contributed by atoms with Gasteiger partial charge in [0.2, 0.25) is 0 Å². The molecule has 0 spiro atoms. The summed E-state index contributed by atoms with van der Waals surface area (Å²) >= 11 is 0. The van der Waals surface area contributed by atoms with Crippen molar-refractivity contribution in [3.63, 3.8) is 0 Å². The first-order chi connectivity index (χ1) is 13.4. The molecule has 0 bridgehead atoms. The van der Waals surface area contributed by atoms with Gasteiger partial charge in [0.05, 0.1) is 6.04 Å². The van der Waals surface area contributed by atoms with Crippen molar-refractivity contribution in [1.29, 1.82) is 0 Å². The van der Waals surface area contributed by atoms with Gasteiger partial charge in [-0.2, -0.15) is 0 Å². The Labute approximate surface area is 167 Å². The molecule has 0 saturated heterocycles. The number of hydrogen-bond acceptors (Lipinski definition) is 2. The van der Waals surface area contributed by atoms with Crippen molar-refractivity contribution in [3.8, 4) is 5.75 Å². The molecule has 0 aliphatic heterocycles. The number of rotatable bonds is 6. The van der Waals surface area contributed by atoms with Crippen molar-refractivity contribution in [3.05, 3.63) is 101 Å². The molecule has 3 rings (SSSR count). The zero-order valence-corrected chi connectivity index (χ0v) is 16.9. The molecule has 0 unspecified atom stereocenters. The molecule has 2 atom stereocenters. The van der Waals surface area contributed by atoms with Crippen molar-refractivity contribution in [2.24, 2.45) is 0 Å². The average molecular weight is 373 g/mol. The Balaban J connectivity index is 1.80. The molecular weight excluding hydrogens is 346 g/mol. The highest BCUT2D eigenvalue weighted by Gasteiger charge is 2.22. The summed E-state index contributed by atoms with van der Waals surface area (Å²) in [6.07, 6.45) is -0.600. The van der Waals surface area contributed by atoms with Crippen LogP contribution in [0.2, 0.25) is 0 Å². The Morgan fingerprint density at radius 2 is 1.43 bits per heavy atom. The van der Waals surface area contributed by atoms with E-state index in [0.717, 1.165) is 28.0 Å². The number of hydrogen-bond donors (Lipinski definition) is 1. The second-order valence-electron chi connectivity index (χ2n) is 7.29. The second kappa shape index (κ2) is 8.75. The average Bonchev–Trinajstić information content (AvgIpc) is 2.70. The third-order valence-corrected chi connectivity index (χ3v) is 4.85. The molecule has 1 amide bonds. The van der Waals surface area contributed by atoms with Crippen LogP contribution in [0.15, 0.2) is 72.8 Å². The van der Waals surface area contributed by atoms with E-state index in [1.807, 2.05) is 62.4 Å². The molecule has 0 fully saturated rings. The molecule has 0 aliphatic carbocycles. The van der Waals surface area contributed by atoms with Crippen LogP contribution in [0.4, 0.5) is 0 Å². The summed E-state index contributed by atoms with van der Waals surface area (Å²) in [4.78, 5) is 12.9. The van der Waals surface area contributed by atoms with Crippen LogP contribution >= 0.6 is 0 Å². The minimum atomic E-state index is -0.600. The van der Waals surface area contributed by atoms with Gasteiger partial charge in [-0.3, -0.25) is 4.79 Å². The molecule has 3 aromatic rings. The molecule has 0 radical (unpaired) electrons. The van der Waals surface area contributed by atoms with Crippen LogP contribution in [0.25, 0.3) is 0 Å². The van der Waals surface area contributed by atoms with Crippen LogP contribution in [0, 0.1) is 20.8 Å². The highest BCUT2D eigenvalue weighted by atomic mass is 16.5. The molecule has 1 N–H and O–H groups in total. The van der Waals surface area contributed by atoms with Gasteiger partial charge in [0, 0.05) is 0 Å². The summed E-state index contributed by atoms with van der Waals surface area (Å²) in [5.74, 6) is 0.601. The van der Waals surface area contributed by atoms with Gasteiger partial charge >= 0.3 is 0 Å². The SMILES string of the molecule is Cc1ccc([C@@H](NC(=O)[C@@H](C)Oc2cc(C)ccc2C)c2ccccc2)cc1. The van der Waals surface area contributed by atoms with Crippen LogP contribution in [-0.4, -0.2) is 12.0 Å². The standard InChI is InChI=1S/C25H27NO2/c1-17-11-14-22(15-12-17)24(21-8-6-5-7-9-21)26-25(27)20(4)28-23-16-18(2)10-13-19(23)3/h5-16,20,24H,1-4H3,(H,26,27)/t20-,24+/m1/s1. The number of carbonyl (C=O) groups excluding carboxylic acids is 1. The first-order valence-corrected chi connectivity index (χ1v) is 9.60. The van der Waals surface area contributed by atoms with Crippen molar-refractivity contribution in [2.75, 3.05) is 0 Å². The molecule has 0 aromatic heterocycles. The Morgan fingerprint density at radius 3 is 2.11 bits per heavy atom. The summed E-state index contributed by atoms with van der Waals surface area (Å²) in [5, 5.41) is 3.16. The van der Waals surface area contributed by atoms with E-state index >= 15 is 0 Å². The highest BCUT2D eigenvalue weighted by Crippen LogP contribution is 2.24. The molecular formula is C25H27NO2. The summed E-state index contributed by atoms with van der Waals surface area (Å²) in [6, 6.07) is 24.0. The van der Waals surface area contributed by atoms with Crippen molar-refractivity contribution < 1.29 is 9.53 Å². The predicted molar refractivity (Wildman–Crippen MR) is 114 cm³/mol. The number of carbonyl (C=O) groups is 1. The second-order valence-corrected chi connectivity index (χ2v) is 7.29. The third-order valence-electron chi connectivity index (χ3n) is 4.85. The van der Waals surface area contributed by atoms with Gasteiger partial charge in [0.25, 0.3) is 5.91 Å². The van der Waals surface area contributed by atoms with Gasteiger partial charge in [0.1, 0.15) is 5.75 Å². The zero-order chi connectivity index (χ0) is 20.1. The minimum Gasteiger partial charge on any atom is -0.481 e. The Bertz CT molecular complexity index is 933. The monoisotopic (exact) mass is 373 g/mol. The summed E-state index contributed by atoms with van der Waals surface area (Å²) in [6.45, 7) is 7.84. The van der Waals surface area contributed by atoms with E-state index in [4.69, 9.17) is 4.74 Å². The lowest BCUT2D eigenvalue weighted by Crippen LogP contribution is -2.39. The van der Waals surface area contributed by atoms with Gasteiger partial charge in [-0.15, -0.1) is 0 Å². The quantitative estimate of drug-likeness (QED) is 0.638. The largest absolute Gasteiger partial charge is 0.481 e. The topological polar surface area (TPSA) is 38.3 Å². The van der Waals surface area contributed by atoms with E-state index in [9.17, 15) is 4.79 Å². The molecule has 0 heterocycles. The van der Waals surface area contributed by atoms with Crippen LogP contribution in [0.3, 0.4) is 0 Å². The summed E-state index contributed by atoms with van der Waals surface area (Å²) < 4.78 is 5.97. The van der Waals surface area contributed by atoms with E-state index in [0.29, 0.717) is 0 Å². The first-order valence-electron chi connectivity index (χ1n) is 9.60. The first kappa shape index (κ1) is 19.7. The van der Waals surface area contributed by atoms with E-state index in [1.54, 1.807) is 6.92 Å². The highest BCUT2D eigenvalue weighted by molar-refractivity contribution is 5.81. The van der Waals surface area contributed by atoms with Crippen LogP contribution in [-0.2, 0) is 4.79 Å². The van der Waals surface area contributed by atoms with Gasteiger partial charge in [0.15, 0.2) is 6.10 Å². The van der Waals surface area contributed by atoms with Crippen LogP contribution in [0.1, 0.15) is 40.8 Å². The van der Waals surface area contributed by atoms with Crippen molar-refractivity contribution >= 4 is 5.91 Å². The van der Waals surface area contributed by atoms with Crippen LogP contribution < -0.4 is 10.1 Å². The number of benzene rings is 3. The Kier molecular flexibility index (Phi) is 6.15. The lowest BCUT2D eigenvalue weighted by Gasteiger charge is -2.23. The molecule has 0 saturated carbocycles. The minimum absolute atomic E-state index is 0.143. The smallest absolute Gasteiger partial charge is 0.261 e. The third kappa shape index (κ3) is 4.80. The summed E-state index contributed by atoms with van der Waals surface area (Å²) in [7, 11) is 0. The van der Waals surface area contributed by atoms with Gasteiger partial charge < -0.3 is 10.1 Å². The maximum Gasteiger partial charge on any atom is 0.261 e. The lowest BCUT2D eigenvalue weighted by atomic mass is 9.97. The Hall–Kier alpha value is -3.07. The molecule has 3 aromatic carbocycles. The number of nitrogens with one attached hydrogen (secondary N) is 1. The molecule has 3 heteroatoms. The number of aryl methyl sites for hydroxylation is 3. The summed E-state index contributed by atoms with van der Waals surface area (Å²) in [5.41, 5.74) is 5.40. The number of ether oxygens (including phenoxy) is 1. The fourth-order valence-corrected chi connectivity index (χ4v) is 3.10. The number of amides is 1.